The van der Waals surface area contributed by atoms with Crippen molar-refractivity contribution in [3.8, 4) is 0 Å². The summed E-state index contributed by atoms with van der Waals surface area (Å²) < 4.78 is 0.951. The summed E-state index contributed by atoms with van der Waals surface area (Å²) in [5, 5.41) is 14.3. The van der Waals surface area contributed by atoms with Gasteiger partial charge in [-0.3, -0.25) is 16.0 Å². The van der Waals surface area contributed by atoms with Gasteiger partial charge in [0.05, 0.1) is 4.92 Å². The number of para-hydroxylation sites is 1. The first-order valence-corrected chi connectivity index (χ1v) is 6.59. The van der Waals surface area contributed by atoms with E-state index in [2.05, 4.69) is 26.7 Å². The van der Waals surface area contributed by atoms with Gasteiger partial charge in [-0.15, -0.1) is 0 Å². The number of halogens is 1. The fourth-order valence-corrected chi connectivity index (χ4v) is 2.35. The predicted octanol–water partition coefficient (Wildman–Crippen LogP) is 3.69. The van der Waals surface area contributed by atoms with E-state index in [1.54, 1.807) is 18.2 Å². The summed E-state index contributed by atoms with van der Waals surface area (Å²) >= 11 is 3.38. The van der Waals surface area contributed by atoms with Crippen molar-refractivity contribution in [2.45, 2.75) is 6.92 Å². The lowest BCUT2D eigenvalue weighted by atomic mass is 10.1. The summed E-state index contributed by atoms with van der Waals surface area (Å²) in [7, 11) is 0. The standard InChI is InChI=1S/C13H13BrN4O2/c1-8-7-9(14)5-6-10(8)16-11-3-2-4-12(17-15)13(11)18(19)20/h2-7,16-17H,15H2,1H3. The Labute approximate surface area is 124 Å². The topological polar surface area (TPSA) is 93.2 Å². The number of nitrogens with zero attached hydrogens (tertiary/aromatic N) is 1. The molecule has 6 nitrogen and oxygen atoms in total. The Hall–Kier alpha value is -2.12. The Morgan fingerprint density at radius 1 is 1.20 bits per heavy atom. The second kappa shape index (κ2) is 5.89. The molecule has 2 rings (SSSR count). The Morgan fingerprint density at radius 2 is 1.90 bits per heavy atom. The van der Waals surface area contributed by atoms with Gasteiger partial charge in [-0.2, -0.15) is 0 Å². The molecule has 20 heavy (non-hydrogen) atoms. The molecule has 0 aliphatic rings. The van der Waals surface area contributed by atoms with Crippen LogP contribution in [-0.4, -0.2) is 4.92 Å². The van der Waals surface area contributed by atoms with Crippen molar-refractivity contribution in [3.63, 3.8) is 0 Å². The molecule has 0 unspecified atom stereocenters. The number of nitro benzene ring substituents is 1. The number of nitrogens with two attached hydrogens (primary N) is 1. The highest BCUT2D eigenvalue weighted by Crippen LogP contribution is 2.35. The highest BCUT2D eigenvalue weighted by Gasteiger charge is 2.19. The molecular formula is C13H13BrN4O2. The normalized spacial score (nSPS) is 10.2. The van der Waals surface area contributed by atoms with Crippen molar-refractivity contribution in [2.24, 2.45) is 5.84 Å². The van der Waals surface area contributed by atoms with Crippen LogP contribution >= 0.6 is 15.9 Å². The zero-order valence-corrected chi connectivity index (χ0v) is 12.3. The monoisotopic (exact) mass is 336 g/mol. The van der Waals surface area contributed by atoms with E-state index in [0.29, 0.717) is 5.69 Å². The Bertz CT molecular complexity index is 661. The third-order valence-corrected chi connectivity index (χ3v) is 3.33. The third-order valence-electron chi connectivity index (χ3n) is 2.83. The minimum atomic E-state index is -0.467. The first-order valence-electron chi connectivity index (χ1n) is 5.80. The number of hydrazine groups is 1. The molecule has 0 saturated heterocycles. The first-order chi connectivity index (χ1) is 9.52. The number of nitro groups is 1. The molecule has 0 atom stereocenters. The second-order valence-corrected chi connectivity index (χ2v) is 5.10. The summed E-state index contributed by atoms with van der Waals surface area (Å²) in [5.41, 5.74) is 4.66. The highest BCUT2D eigenvalue weighted by molar-refractivity contribution is 9.10. The zero-order chi connectivity index (χ0) is 14.7. The van der Waals surface area contributed by atoms with Gasteiger partial charge in [0, 0.05) is 10.2 Å². The molecule has 2 aromatic rings. The largest absolute Gasteiger partial charge is 0.350 e. The lowest BCUT2D eigenvalue weighted by Gasteiger charge is -2.12. The SMILES string of the molecule is Cc1cc(Br)ccc1Nc1cccc(NN)c1[N+](=O)[O-]. The maximum Gasteiger partial charge on any atom is 0.316 e. The molecule has 0 bridgehead atoms. The minimum absolute atomic E-state index is 0.0858. The van der Waals surface area contributed by atoms with Gasteiger partial charge in [0.1, 0.15) is 11.4 Å². The maximum absolute atomic E-state index is 11.2. The Kier molecular flexibility index (Phi) is 4.21. The van der Waals surface area contributed by atoms with Gasteiger partial charge in [-0.1, -0.05) is 22.0 Å². The maximum atomic E-state index is 11.2. The minimum Gasteiger partial charge on any atom is -0.350 e. The van der Waals surface area contributed by atoms with E-state index in [0.717, 1.165) is 15.7 Å². The number of aryl methyl sites for hydroxylation is 1. The van der Waals surface area contributed by atoms with Crippen molar-refractivity contribution < 1.29 is 4.92 Å². The second-order valence-electron chi connectivity index (χ2n) is 4.19. The van der Waals surface area contributed by atoms with Crippen molar-refractivity contribution >= 4 is 38.7 Å². The van der Waals surface area contributed by atoms with E-state index in [-0.39, 0.29) is 11.4 Å². The average Bonchev–Trinajstić information content (AvgIpc) is 2.41. The molecule has 0 amide bonds. The summed E-state index contributed by atoms with van der Waals surface area (Å²) in [6.45, 7) is 1.92. The number of hydrogen-bond acceptors (Lipinski definition) is 5. The highest BCUT2D eigenvalue weighted by atomic mass is 79.9. The van der Waals surface area contributed by atoms with Crippen molar-refractivity contribution in [2.75, 3.05) is 10.7 Å². The van der Waals surface area contributed by atoms with E-state index >= 15 is 0 Å². The number of nitrogen functional groups attached to an aromatic ring is 1. The average molecular weight is 337 g/mol. The number of anilines is 3. The molecule has 0 aliphatic heterocycles. The molecule has 104 valence electrons. The lowest BCUT2D eigenvalue weighted by molar-refractivity contribution is -0.383. The molecule has 0 aliphatic carbocycles. The molecule has 4 N–H and O–H groups in total. The van der Waals surface area contributed by atoms with Crippen molar-refractivity contribution in [3.05, 3.63) is 56.5 Å². The van der Waals surface area contributed by atoms with Crippen LogP contribution in [-0.2, 0) is 0 Å². The lowest BCUT2D eigenvalue weighted by Crippen LogP contribution is -2.10. The van der Waals surface area contributed by atoms with Crippen LogP contribution < -0.4 is 16.6 Å². The number of nitrogens with one attached hydrogen (secondary N) is 2. The third kappa shape index (κ3) is 2.89. The van der Waals surface area contributed by atoms with Gasteiger partial charge < -0.3 is 10.7 Å². The molecule has 7 heteroatoms. The zero-order valence-electron chi connectivity index (χ0n) is 10.7. The Morgan fingerprint density at radius 3 is 2.50 bits per heavy atom. The van der Waals surface area contributed by atoms with Crippen LogP contribution in [0.4, 0.5) is 22.7 Å². The number of hydrogen-bond donors (Lipinski definition) is 3. The fraction of sp³-hybridized carbons (Fsp3) is 0.0769. The number of benzene rings is 2. The van der Waals surface area contributed by atoms with Crippen LogP contribution in [0.1, 0.15) is 5.56 Å². The predicted molar refractivity (Wildman–Crippen MR) is 83.1 cm³/mol. The van der Waals surface area contributed by atoms with Crippen LogP contribution in [0, 0.1) is 17.0 Å². The molecule has 0 spiro atoms. The molecule has 0 aromatic heterocycles. The molecule has 0 fully saturated rings. The van der Waals surface area contributed by atoms with Gasteiger partial charge in [0.15, 0.2) is 0 Å². The van der Waals surface area contributed by atoms with E-state index < -0.39 is 4.92 Å². The quantitative estimate of drug-likeness (QED) is 0.449. The van der Waals surface area contributed by atoms with E-state index in [9.17, 15) is 10.1 Å². The molecule has 0 heterocycles. The summed E-state index contributed by atoms with van der Waals surface area (Å²) in [6, 6.07) is 10.5. The van der Waals surface area contributed by atoms with Gasteiger partial charge >= 0.3 is 5.69 Å². The first kappa shape index (κ1) is 14.3. The van der Waals surface area contributed by atoms with Crippen molar-refractivity contribution in [1.29, 1.82) is 0 Å². The molecule has 0 radical (unpaired) electrons. The van der Waals surface area contributed by atoms with Crippen LogP contribution in [0.3, 0.4) is 0 Å². The van der Waals surface area contributed by atoms with E-state index in [4.69, 9.17) is 5.84 Å². The fourth-order valence-electron chi connectivity index (χ4n) is 1.87. The van der Waals surface area contributed by atoms with Crippen LogP contribution in [0.2, 0.25) is 0 Å². The smallest absolute Gasteiger partial charge is 0.316 e. The van der Waals surface area contributed by atoms with Gasteiger partial charge in [0.25, 0.3) is 0 Å². The Balaban J connectivity index is 2.45. The van der Waals surface area contributed by atoms with Crippen LogP contribution in [0.5, 0.6) is 0 Å². The van der Waals surface area contributed by atoms with Gasteiger partial charge in [0.2, 0.25) is 0 Å². The number of rotatable bonds is 4. The van der Waals surface area contributed by atoms with Gasteiger partial charge in [-0.05, 0) is 42.8 Å². The summed E-state index contributed by atoms with van der Waals surface area (Å²) in [6.07, 6.45) is 0. The molecule has 2 aromatic carbocycles. The summed E-state index contributed by atoms with van der Waals surface area (Å²) in [4.78, 5) is 10.7. The van der Waals surface area contributed by atoms with E-state index in [1.807, 2.05) is 25.1 Å². The van der Waals surface area contributed by atoms with Crippen LogP contribution in [0.15, 0.2) is 40.9 Å². The molecular weight excluding hydrogens is 324 g/mol. The van der Waals surface area contributed by atoms with Crippen molar-refractivity contribution in [1.82, 2.24) is 0 Å². The van der Waals surface area contributed by atoms with Gasteiger partial charge in [-0.25, -0.2) is 0 Å². The summed E-state index contributed by atoms with van der Waals surface area (Å²) in [5.74, 6) is 5.31. The molecule has 0 saturated carbocycles. The van der Waals surface area contributed by atoms with E-state index in [1.165, 1.54) is 0 Å². The van der Waals surface area contributed by atoms with Crippen LogP contribution in [0.25, 0.3) is 0 Å².